The Morgan fingerprint density at radius 3 is 2.70 bits per heavy atom. The second-order valence-corrected chi connectivity index (χ2v) is 7.92. The van der Waals surface area contributed by atoms with Crippen molar-refractivity contribution >= 4 is 17.9 Å². The second-order valence-electron chi connectivity index (χ2n) is 7.92. The van der Waals surface area contributed by atoms with E-state index in [0.29, 0.717) is 26.1 Å². The number of amides is 3. The molecule has 4 rings (SSSR count). The lowest BCUT2D eigenvalue weighted by atomic mass is 9.81. The quantitative estimate of drug-likeness (QED) is 0.842. The predicted molar refractivity (Wildman–Crippen MR) is 97.9 cm³/mol. The number of fused-ring (bicyclic) bond motifs is 2. The Hall–Kier alpha value is -2.57. The minimum Gasteiger partial charge on any atom is -0.481 e. The Labute approximate surface area is 158 Å². The van der Waals surface area contributed by atoms with Gasteiger partial charge in [-0.1, -0.05) is 30.7 Å². The van der Waals surface area contributed by atoms with Gasteiger partial charge in [-0.3, -0.25) is 9.59 Å². The maximum Gasteiger partial charge on any atom is 0.318 e. The summed E-state index contributed by atoms with van der Waals surface area (Å²) in [5.41, 5.74) is 1.62. The largest absolute Gasteiger partial charge is 0.481 e. The number of carbonyl (C=O) groups excluding carboxylic acids is 2. The normalized spacial score (nSPS) is 26.4. The maximum atomic E-state index is 12.5. The van der Waals surface area contributed by atoms with Gasteiger partial charge in [-0.05, 0) is 36.3 Å². The van der Waals surface area contributed by atoms with Gasteiger partial charge in [-0.15, -0.1) is 0 Å². The summed E-state index contributed by atoms with van der Waals surface area (Å²) in [6.07, 6.45) is 3.21. The van der Waals surface area contributed by atoms with Crippen LogP contribution in [-0.2, 0) is 22.6 Å². The minimum absolute atomic E-state index is 0.0354. The first-order valence-corrected chi connectivity index (χ1v) is 9.60. The molecule has 2 aliphatic heterocycles. The molecule has 1 aromatic carbocycles. The van der Waals surface area contributed by atoms with Crippen LogP contribution >= 0.6 is 0 Å². The number of rotatable bonds is 3. The maximum absolute atomic E-state index is 12.5. The van der Waals surface area contributed by atoms with Gasteiger partial charge in [0.2, 0.25) is 5.91 Å². The molecule has 2 heterocycles. The lowest BCUT2D eigenvalue weighted by Gasteiger charge is -2.29. The summed E-state index contributed by atoms with van der Waals surface area (Å²) >= 11 is 0. The Morgan fingerprint density at radius 1 is 1.19 bits per heavy atom. The summed E-state index contributed by atoms with van der Waals surface area (Å²) in [7, 11) is 0. The molecule has 1 saturated carbocycles. The zero-order chi connectivity index (χ0) is 19.0. The number of hydrogen-bond donors (Lipinski definition) is 2. The highest BCUT2D eigenvalue weighted by atomic mass is 16.4. The van der Waals surface area contributed by atoms with Crippen LogP contribution in [0.15, 0.2) is 24.3 Å². The van der Waals surface area contributed by atoms with Crippen molar-refractivity contribution < 1.29 is 19.5 Å². The van der Waals surface area contributed by atoms with Crippen LogP contribution in [0.3, 0.4) is 0 Å². The third kappa shape index (κ3) is 3.15. The van der Waals surface area contributed by atoms with Gasteiger partial charge in [0.25, 0.3) is 0 Å². The molecule has 3 amide bonds. The lowest BCUT2D eigenvalue weighted by Crippen LogP contribution is -2.47. The van der Waals surface area contributed by atoms with E-state index < -0.39 is 11.4 Å². The molecule has 7 heteroatoms. The number of aliphatic carboxylic acids is 1. The predicted octanol–water partition coefficient (Wildman–Crippen LogP) is 1.47. The van der Waals surface area contributed by atoms with Gasteiger partial charge in [-0.25, -0.2) is 4.79 Å². The van der Waals surface area contributed by atoms with Crippen LogP contribution in [0.5, 0.6) is 0 Å². The third-order valence-corrected chi connectivity index (χ3v) is 6.46. The van der Waals surface area contributed by atoms with Crippen molar-refractivity contribution in [3.8, 4) is 0 Å². The topological polar surface area (TPSA) is 90.0 Å². The van der Waals surface area contributed by atoms with Gasteiger partial charge in [0.15, 0.2) is 0 Å². The standard InChI is InChI=1S/C20H25N3O4/c24-17(23-12-16-6-3-8-20(16,13-23)18(25)26)10-21-19(27)22-9-7-14-4-1-2-5-15(14)11-22/h1-2,4-5,16H,3,6-13H2,(H,21,27)(H,25,26)/t16-,20+/m0/s1. The number of carboxylic acid groups (broad SMARTS) is 1. The van der Waals surface area contributed by atoms with Crippen molar-refractivity contribution in [2.75, 3.05) is 26.2 Å². The van der Waals surface area contributed by atoms with Crippen LogP contribution in [0.25, 0.3) is 0 Å². The number of hydrogen-bond acceptors (Lipinski definition) is 3. The van der Waals surface area contributed by atoms with Crippen molar-refractivity contribution in [1.82, 2.24) is 15.1 Å². The van der Waals surface area contributed by atoms with E-state index in [4.69, 9.17) is 0 Å². The smallest absolute Gasteiger partial charge is 0.318 e. The summed E-state index contributed by atoms with van der Waals surface area (Å²) in [6.45, 7) is 1.84. The highest BCUT2D eigenvalue weighted by Gasteiger charge is 2.55. The molecular weight excluding hydrogens is 346 g/mol. The lowest BCUT2D eigenvalue weighted by molar-refractivity contribution is -0.149. The number of carbonyl (C=O) groups is 3. The Balaban J connectivity index is 1.31. The van der Waals surface area contributed by atoms with E-state index in [9.17, 15) is 19.5 Å². The van der Waals surface area contributed by atoms with E-state index in [1.54, 1.807) is 9.80 Å². The molecule has 1 aromatic rings. The molecule has 2 fully saturated rings. The number of carboxylic acids is 1. The Kier molecular flexibility index (Phi) is 4.53. The van der Waals surface area contributed by atoms with Gasteiger partial charge >= 0.3 is 12.0 Å². The van der Waals surface area contributed by atoms with Crippen LogP contribution in [0, 0.1) is 11.3 Å². The fourth-order valence-electron chi connectivity index (χ4n) is 4.87. The van der Waals surface area contributed by atoms with E-state index in [1.165, 1.54) is 5.56 Å². The molecule has 7 nitrogen and oxygen atoms in total. The van der Waals surface area contributed by atoms with Crippen molar-refractivity contribution in [2.45, 2.75) is 32.2 Å². The summed E-state index contributed by atoms with van der Waals surface area (Å²) in [4.78, 5) is 40.0. The summed E-state index contributed by atoms with van der Waals surface area (Å²) in [6, 6.07) is 7.82. The molecule has 27 heavy (non-hydrogen) atoms. The molecular formula is C20H25N3O4. The van der Waals surface area contributed by atoms with E-state index in [1.807, 2.05) is 18.2 Å². The molecule has 144 valence electrons. The van der Waals surface area contributed by atoms with E-state index in [2.05, 4.69) is 11.4 Å². The first-order valence-electron chi connectivity index (χ1n) is 9.60. The number of benzene rings is 1. The van der Waals surface area contributed by atoms with E-state index in [-0.39, 0.29) is 30.9 Å². The van der Waals surface area contributed by atoms with Gasteiger partial charge < -0.3 is 20.2 Å². The third-order valence-electron chi connectivity index (χ3n) is 6.46. The molecule has 3 aliphatic rings. The fraction of sp³-hybridized carbons (Fsp3) is 0.550. The van der Waals surface area contributed by atoms with Crippen LogP contribution in [0.1, 0.15) is 30.4 Å². The van der Waals surface area contributed by atoms with Crippen molar-refractivity contribution in [1.29, 1.82) is 0 Å². The van der Waals surface area contributed by atoms with Gasteiger partial charge in [-0.2, -0.15) is 0 Å². The van der Waals surface area contributed by atoms with Crippen LogP contribution in [0.4, 0.5) is 4.79 Å². The van der Waals surface area contributed by atoms with Gasteiger partial charge in [0.05, 0.1) is 12.0 Å². The molecule has 0 aromatic heterocycles. The van der Waals surface area contributed by atoms with Gasteiger partial charge in [0, 0.05) is 26.2 Å². The van der Waals surface area contributed by atoms with Crippen molar-refractivity contribution in [2.24, 2.45) is 11.3 Å². The number of likely N-dealkylation sites (tertiary alicyclic amines) is 1. The molecule has 0 bridgehead atoms. The van der Waals surface area contributed by atoms with Crippen LogP contribution in [-0.4, -0.2) is 59.0 Å². The fourth-order valence-corrected chi connectivity index (χ4v) is 4.87. The van der Waals surface area contributed by atoms with Crippen LogP contribution < -0.4 is 5.32 Å². The molecule has 0 unspecified atom stereocenters. The highest BCUT2D eigenvalue weighted by Crippen LogP contribution is 2.48. The minimum atomic E-state index is -0.795. The molecule has 0 spiro atoms. The summed E-state index contributed by atoms with van der Waals surface area (Å²) < 4.78 is 0. The Bertz CT molecular complexity index is 780. The van der Waals surface area contributed by atoms with Gasteiger partial charge in [0.1, 0.15) is 0 Å². The Morgan fingerprint density at radius 2 is 1.96 bits per heavy atom. The molecule has 1 saturated heterocycles. The van der Waals surface area contributed by atoms with Crippen LogP contribution in [0.2, 0.25) is 0 Å². The second kappa shape index (κ2) is 6.87. The van der Waals surface area contributed by atoms with E-state index in [0.717, 1.165) is 24.8 Å². The van der Waals surface area contributed by atoms with E-state index >= 15 is 0 Å². The van der Waals surface area contributed by atoms with Crippen molar-refractivity contribution in [3.63, 3.8) is 0 Å². The summed E-state index contributed by atoms with van der Waals surface area (Å²) in [5.74, 6) is -0.958. The monoisotopic (exact) mass is 371 g/mol. The SMILES string of the molecule is O=C(CNC(=O)N1CCc2ccccc2C1)N1C[C@@H]2CCC[C@@]2(C(=O)O)C1. The first kappa shape index (κ1) is 17.8. The number of urea groups is 1. The summed E-state index contributed by atoms with van der Waals surface area (Å²) in [5, 5.41) is 12.3. The molecule has 1 aliphatic carbocycles. The average Bonchev–Trinajstić information content (AvgIpc) is 3.24. The average molecular weight is 371 g/mol. The molecule has 0 radical (unpaired) electrons. The molecule has 2 N–H and O–H groups in total. The number of nitrogens with zero attached hydrogens (tertiary/aromatic N) is 2. The molecule has 2 atom stereocenters. The van der Waals surface area contributed by atoms with Crippen molar-refractivity contribution in [3.05, 3.63) is 35.4 Å². The zero-order valence-corrected chi connectivity index (χ0v) is 15.3. The number of nitrogens with one attached hydrogen (secondary N) is 1. The first-order chi connectivity index (χ1) is 13.0. The zero-order valence-electron chi connectivity index (χ0n) is 15.3. The highest BCUT2D eigenvalue weighted by molar-refractivity contribution is 5.86.